The molecule has 1 N–H and O–H groups in total. The fourth-order valence-electron chi connectivity index (χ4n) is 2.10. The standard InChI is InChI=1S/C15H8F5N3OS/c16-9-2-1-3-10(17)12(9)23-6-4-11(22-23)21-14(24)13-8(5-7-25-13)15(18,19)20/h1-7H,(H,21,22,24). The monoisotopic (exact) mass is 373 g/mol. The summed E-state index contributed by atoms with van der Waals surface area (Å²) in [5.74, 6) is -2.91. The van der Waals surface area contributed by atoms with Crippen LogP contribution in [0.15, 0.2) is 41.9 Å². The van der Waals surface area contributed by atoms with Crippen LogP contribution < -0.4 is 5.32 Å². The van der Waals surface area contributed by atoms with Crippen LogP contribution in [-0.2, 0) is 6.18 Å². The third-order valence-electron chi connectivity index (χ3n) is 3.17. The maximum atomic E-state index is 13.7. The number of nitrogens with one attached hydrogen (secondary N) is 1. The molecule has 0 atom stereocenters. The molecule has 130 valence electrons. The summed E-state index contributed by atoms with van der Waals surface area (Å²) < 4.78 is 66.7. The number of nitrogens with zero attached hydrogens (tertiary/aromatic N) is 2. The second kappa shape index (κ2) is 6.28. The molecular formula is C15H8F5N3OS. The van der Waals surface area contributed by atoms with Gasteiger partial charge in [-0.3, -0.25) is 4.79 Å². The van der Waals surface area contributed by atoms with Gasteiger partial charge in [0.15, 0.2) is 17.5 Å². The van der Waals surface area contributed by atoms with E-state index in [9.17, 15) is 26.7 Å². The van der Waals surface area contributed by atoms with Crippen LogP contribution in [0, 0.1) is 11.6 Å². The van der Waals surface area contributed by atoms with Gasteiger partial charge in [-0.2, -0.15) is 13.2 Å². The van der Waals surface area contributed by atoms with Crippen molar-refractivity contribution in [3.63, 3.8) is 0 Å². The molecule has 1 aromatic carbocycles. The molecular weight excluding hydrogens is 365 g/mol. The summed E-state index contributed by atoms with van der Waals surface area (Å²) in [6, 6.07) is 5.24. The number of para-hydroxylation sites is 1. The van der Waals surface area contributed by atoms with Crippen LogP contribution >= 0.6 is 11.3 Å². The number of alkyl halides is 3. The number of hydrogen-bond donors (Lipinski definition) is 1. The summed E-state index contributed by atoms with van der Waals surface area (Å²) in [4.78, 5) is 11.5. The lowest BCUT2D eigenvalue weighted by Crippen LogP contribution is -2.16. The van der Waals surface area contributed by atoms with Crippen molar-refractivity contribution in [3.8, 4) is 5.69 Å². The van der Waals surface area contributed by atoms with Crippen molar-refractivity contribution in [2.24, 2.45) is 0 Å². The number of carbonyl (C=O) groups excluding carboxylic acids is 1. The highest BCUT2D eigenvalue weighted by Crippen LogP contribution is 2.35. The van der Waals surface area contributed by atoms with Gasteiger partial charge < -0.3 is 5.32 Å². The van der Waals surface area contributed by atoms with Crippen molar-refractivity contribution in [1.29, 1.82) is 0 Å². The van der Waals surface area contributed by atoms with Gasteiger partial charge in [-0.15, -0.1) is 16.4 Å². The van der Waals surface area contributed by atoms with Crippen molar-refractivity contribution >= 4 is 23.1 Å². The zero-order valence-electron chi connectivity index (χ0n) is 12.1. The molecule has 0 unspecified atom stereocenters. The van der Waals surface area contributed by atoms with Crippen LogP contribution in [0.1, 0.15) is 15.2 Å². The minimum absolute atomic E-state index is 0.144. The molecule has 0 aliphatic rings. The Morgan fingerprint density at radius 1 is 1.12 bits per heavy atom. The van der Waals surface area contributed by atoms with E-state index in [1.54, 1.807) is 0 Å². The number of aromatic nitrogens is 2. The maximum Gasteiger partial charge on any atom is 0.417 e. The normalized spacial score (nSPS) is 11.6. The molecule has 0 radical (unpaired) electrons. The Kier molecular flexibility index (Phi) is 4.29. The predicted molar refractivity (Wildman–Crippen MR) is 80.8 cm³/mol. The quantitative estimate of drug-likeness (QED) is 0.688. The Morgan fingerprint density at radius 2 is 1.80 bits per heavy atom. The molecule has 0 bridgehead atoms. The van der Waals surface area contributed by atoms with Gasteiger partial charge in [-0.05, 0) is 23.6 Å². The van der Waals surface area contributed by atoms with E-state index in [4.69, 9.17) is 0 Å². The average molecular weight is 373 g/mol. The van der Waals surface area contributed by atoms with Crippen LogP contribution in [0.25, 0.3) is 5.69 Å². The molecule has 1 amide bonds. The van der Waals surface area contributed by atoms with Crippen LogP contribution in [0.5, 0.6) is 0 Å². The first-order chi connectivity index (χ1) is 11.8. The lowest BCUT2D eigenvalue weighted by atomic mass is 10.2. The summed E-state index contributed by atoms with van der Waals surface area (Å²) in [6.07, 6.45) is -3.49. The number of amides is 1. The second-order valence-electron chi connectivity index (χ2n) is 4.83. The van der Waals surface area contributed by atoms with E-state index in [-0.39, 0.29) is 5.82 Å². The molecule has 4 nitrogen and oxygen atoms in total. The largest absolute Gasteiger partial charge is 0.417 e. The van der Waals surface area contributed by atoms with E-state index in [2.05, 4.69) is 10.4 Å². The number of halogens is 5. The fraction of sp³-hybridized carbons (Fsp3) is 0.0667. The highest BCUT2D eigenvalue weighted by Gasteiger charge is 2.36. The van der Waals surface area contributed by atoms with E-state index >= 15 is 0 Å². The van der Waals surface area contributed by atoms with E-state index in [1.165, 1.54) is 18.3 Å². The van der Waals surface area contributed by atoms with Crippen molar-refractivity contribution in [1.82, 2.24) is 9.78 Å². The summed E-state index contributed by atoms with van der Waals surface area (Å²) in [5.41, 5.74) is -1.52. The highest BCUT2D eigenvalue weighted by atomic mass is 32.1. The number of hydrogen-bond acceptors (Lipinski definition) is 3. The fourth-order valence-corrected chi connectivity index (χ4v) is 2.91. The lowest BCUT2D eigenvalue weighted by Gasteiger charge is -2.07. The van der Waals surface area contributed by atoms with E-state index < -0.39 is 39.8 Å². The smallest absolute Gasteiger partial charge is 0.304 e. The molecule has 0 aliphatic heterocycles. The van der Waals surface area contributed by atoms with E-state index in [0.717, 1.165) is 28.3 Å². The molecule has 0 saturated carbocycles. The first-order valence-corrected chi connectivity index (χ1v) is 7.61. The topological polar surface area (TPSA) is 46.9 Å². The van der Waals surface area contributed by atoms with Gasteiger partial charge in [0.2, 0.25) is 0 Å². The Bertz CT molecular complexity index is 911. The Balaban J connectivity index is 1.85. The molecule has 2 aromatic heterocycles. The highest BCUT2D eigenvalue weighted by molar-refractivity contribution is 7.12. The number of benzene rings is 1. The van der Waals surface area contributed by atoms with Gasteiger partial charge in [0, 0.05) is 12.3 Å². The third-order valence-corrected chi connectivity index (χ3v) is 4.09. The molecule has 25 heavy (non-hydrogen) atoms. The third kappa shape index (κ3) is 3.38. The molecule has 10 heteroatoms. The van der Waals surface area contributed by atoms with Crippen molar-refractivity contribution in [3.05, 3.63) is 64.0 Å². The number of thiophene rings is 1. The predicted octanol–water partition coefficient (Wildman–Crippen LogP) is 4.48. The van der Waals surface area contributed by atoms with E-state index in [0.29, 0.717) is 11.3 Å². The van der Waals surface area contributed by atoms with Gasteiger partial charge in [0.05, 0.1) is 5.56 Å². The molecule has 3 aromatic rings. The zero-order valence-corrected chi connectivity index (χ0v) is 13.0. The first-order valence-electron chi connectivity index (χ1n) is 6.73. The molecule has 0 fully saturated rings. The summed E-state index contributed by atoms with van der Waals surface area (Å²) in [7, 11) is 0. The van der Waals surface area contributed by atoms with Crippen LogP contribution in [-0.4, -0.2) is 15.7 Å². The summed E-state index contributed by atoms with van der Waals surface area (Å²) in [6.45, 7) is 0. The minimum atomic E-state index is -4.66. The van der Waals surface area contributed by atoms with Crippen molar-refractivity contribution in [2.45, 2.75) is 6.18 Å². The minimum Gasteiger partial charge on any atom is -0.304 e. The van der Waals surface area contributed by atoms with Crippen molar-refractivity contribution in [2.75, 3.05) is 5.32 Å². The number of rotatable bonds is 3. The summed E-state index contributed by atoms with van der Waals surface area (Å²) >= 11 is 0.625. The maximum absolute atomic E-state index is 13.7. The molecule has 0 spiro atoms. The Hall–Kier alpha value is -2.75. The number of anilines is 1. The number of carbonyl (C=O) groups is 1. The van der Waals surface area contributed by atoms with Gasteiger partial charge in [0.25, 0.3) is 5.91 Å². The van der Waals surface area contributed by atoms with Gasteiger partial charge in [0.1, 0.15) is 10.6 Å². The van der Waals surface area contributed by atoms with Gasteiger partial charge in [-0.1, -0.05) is 6.07 Å². The first kappa shape index (κ1) is 17.1. The second-order valence-corrected chi connectivity index (χ2v) is 5.75. The van der Waals surface area contributed by atoms with Crippen LogP contribution in [0.3, 0.4) is 0 Å². The molecule has 3 rings (SSSR count). The van der Waals surface area contributed by atoms with Gasteiger partial charge >= 0.3 is 6.18 Å². The lowest BCUT2D eigenvalue weighted by molar-refractivity contribution is -0.137. The molecule has 0 saturated heterocycles. The van der Waals surface area contributed by atoms with Crippen LogP contribution in [0.4, 0.5) is 27.8 Å². The molecule has 0 aliphatic carbocycles. The van der Waals surface area contributed by atoms with Crippen LogP contribution in [0.2, 0.25) is 0 Å². The zero-order chi connectivity index (χ0) is 18.2. The Labute approximate surface area is 141 Å². The van der Waals surface area contributed by atoms with Crippen molar-refractivity contribution < 1.29 is 26.7 Å². The SMILES string of the molecule is O=C(Nc1ccn(-c2c(F)cccc2F)n1)c1sccc1C(F)(F)F. The molecule has 2 heterocycles. The van der Waals surface area contributed by atoms with E-state index in [1.807, 2.05) is 0 Å². The Morgan fingerprint density at radius 3 is 2.44 bits per heavy atom. The summed E-state index contributed by atoms with van der Waals surface area (Å²) in [5, 5.41) is 7.10. The average Bonchev–Trinajstić information content (AvgIpc) is 3.15. The van der Waals surface area contributed by atoms with Gasteiger partial charge in [-0.25, -0.2) is 13.5 Å².